The number of hydrogen-bond acceptors (Lipinski definition) is 3. The highest BCUT2D eigenvalue weighted by Crippen LogP contribution is 2.34. The third-order valence-corrected chi connectivity index (χ3v) is 4.85. The summed E-state index contributed by atoms with van der Waals surface area (Å²) in [7, 11) is 0. The molecule has 0 aromatic heterocycles. The van der Waals surface area contributed by atoms with Gasteiger partial charge in [0.2, 0.25) is 0 Å². The van der Waals surface area contributed by atoms with Crippen LogP contribution < -0.4 is 5.32 Å². The topological polar surface area (TPSA) is 66.5 Å². The lowest BCUT2D eigenvalue weighted by Crippen LogP contribution is -2.47. The van der Waals surface area contributed by atoms with Crippen molar-refractivity contribution in [1.82, 2.24) is 10.2 Å². The molecule has 1 fully saturated rings. The molecule has 0 radical (unpaired) electrons. The number of amides is 4. The monoisotopic (exact) mass is 344 g/mol. The molecule has 1 heterocycles. The molecule has 5 heteroatoms. The quantitative estimate of drug-likeness (QED) is 0.724. The summed E-state index contributed by atoms with van der Waals surface area (Å²) in [5, 5.41) is 4.16. The van der Waals surface area contributed by atoms with Crippen LogP contribution in [0.4, 0.5) is 4.79 Å². The van der Waals surface area contributed by atoms with Crippen LogP contribution in [0.25, 0.3) is 10.8 Å². The minimum absolute atomic E-state index is 0.357. The standard InChI is InChI=1S/C21H16N2O3/c1-21(17-9-3-2-4-10-17)19(25)22-20(26)23(21)18(24)16-12-11-14-7-5-6-8-15(14)13-16/h2-13H,1H3,(H,22,25,26). The first kappa shape index (κ1) is 16.0. The second kappa shape index (κ2) is 5.81. The average Bonchev–Trinajstić information content (AvgIpc) is 2.91. The van der Waals surface area contributed by atoms with Crippen LogP contribution in [-0.4, -0.2) is 22.7 Å². The number of fused-ring (bicyclic) bond motifs is 1. The molecule has 4 rings (SSSR count). The minimum Gasteiger partial charge on any atom is -0.275 e. The van der Waals surface area contributed by atoms with Gasteiger partial charge in [0, 0.05) is 5.56 Å². The van der Waals surface area contributed by atoms with Crippen LogP contribution in [0.15, 0.2) is 72.8 Å². The van der Waals surface area contributed by atoms with E-state index in [1.807, 2.05) is 36.4 Å². The maximum absolute atomic E-state index is 13.1. The van der Waals surface area contributed by atoms with Crippen molar-refractivity contribution < 1.29 is 14.4 Å². The van der Waals surface area contributed by atoms with Gasteiger partial charge in [-0.2, -0.15) is 0 Å². The fraction of sp³-hybridized carbons (Fsp3) is 0.0952. The van der Waals surface area contributed by atoms with E-state index in [1.165, 1.54) is 0 Å². The Morgan fingerprint density at radius 1 is 0.885 bits per heavy atom. The van der Waals surface area contributed by atoms with Crippen LogP contribution in [0.5, 0.6) is 0 Å². The molecular formula is C21H16N2O3. The lowest BCUT2D eigenvalue weighted by molar-refractivity contribution is -0.125. The van der Waals surface area contributed by atoms with Gasteiger partial charge in [-0.15, -0.1) is 0 Å². The van der Waals surface area contributed by atoms with Crippen molar-refractivity contribution in [2.45, 2.75) is 12.5 Å². The lowest BCUT2D eigenvalue weighted by atomic mass is 9.90. The largest absolute Gasteiger partial charge is 0.332 e. The summed E-state index contributed by atoms with van der Waals surface area (Å²) < 4.78 is 0. The fourth-order valence-electron chi connectivity index (χ4n) is 3.35. The molecule has 3 aromatic rings. The molecule has 128 valence electrons. The molecule has 1 atom stereocenters. The Labute approximate surface area is 150 Å². The van der Waals surface area contributed by atoms with E-state index in [1.54, 1.807) is 43.3 Å². The molecule has 0 saturated carbocycles. The van der Waals surface area contributed by atoms with Crippen molar-refractivity contribution >= 4 is 28.6 Å². The van der Waals surface area contributed by atoms with E-state index >= 15 is 0 Å². The van der Waals surface area contributed by atoms with Crippen molar-refractivity contribution in [1.29, 1.82) is 0 Å². The van der Waals surface area contributed by atoms with Gasteiger partial charge in [-0.3, -0.25) is 14.9 Å². The van der Waals surface area contributed by atoms with E-state index in [0.29, 0.717) is 11.1 Å². The zero-order chi connectivity index (χ0) is 18.3. The molecule has 1 aliphatic rings. The average molecular weight is 344 g/mol. The fourth-order valence-corrected chi connectivity index (χ4v) is 3.35. The van der Waals surface area contributed by atoms with Gasteiger partial charge in [0.15, 0.2) is 5.54 Å². The van der Waals surface area contributed by atoms with Crippen LogP contribution in [0.3, 0.4) is 0 Å². The Morgan fingerprint density at radius 3 is 2.27 bits per heavy atom. The van der Waals surface area contributed by atoms with Crippen LogP contribution >= 0.6 is 0 Å². The lowest BCUT2D eigenvalue weighted by Gasteiger charge is -2.30. The van der Waals surface area contributed by atoms with E-state index < -0.39 is 23.4 Å². The summed E-state index contributed by atoms with van der Waals surface area (Å²) >= 11 is 0. The van der Waals surface area contributed by atoms with Gasteiger partial charge < -0.3 is 0 Å². The molecule has 1 saturated heterocycles. The van der Waals surface area contributed by atoms with Crippen LogP contribution in [-0.2, 0) is 10.3 Å². The predicted molar refractivity (Wildman–Crippen MR) is 97.5 cm³/mol. The van der Waals surface area contributed by atoms with Crippen molar-refractivity contribution in [3.05, 3.63) is 83.9 Å². The third kappa shape index (κ3) is 2.29. The molecule has 4 amide bonds. The Bertz CT molecular complexity index is 1050. The predicted octanol–water partition coefficient (Wildman–Crippen LogP) is 3.45. The van der Waals surface area contributed by atoms with E-state index in [2.05, 4.69) is 5.32 Å². The van der Waals surface area contributed by atoms with Gasteiger partial charge in [0.05, 0.1) is 0 Å². The third-order valence-electron chi connectivity index (χ3n) is 4.85. The van der Waals surface area contributed by atoms with Crippen molar-refractivity contribution in [3.63, 3.8) is 0 Å². The van der Waals surface area contributed by atoms with Crippen LogP contribution in [0, 0.1) is 0 Å². The van der Waals surface area contributed by atoms with E-state index in [0.717, 1.165) is 15.7 Å². The summed E-state index contributed by atoms with van der Waals surface area (Å²) in [6, 6.07) is 21.0. The normalized spacial score (nSPS) is 19.7. The second-order valence-corrected chi connectivity index (χ2v) is 6.40. The van der Waals surface area contributed by atoms with E-state index in [9.17, 15) is 14.4 Å². The smallest absolute Gasteiger partial charge is 0.275 e. The van der Waals surface area contributed by atoms with E-state index in [4.69, 9.17) is 0 Å². The van der Waals surface area contributed by atoms with Crippen LogP contribution in [0.1, 0.15) is 22.8 Å². The molecule has 0 aliphatic carbocycles. The highest BCUT2D eigenvalue weighted by Gasteiger charge is 2.53. The number of rotatable bonds is 2. The van der Waals surface area contributed by atoms with Crippen LogP contribution in [0.2, 0.25) is 0 Å². The maximum atomic E-state index is 13.1. The van der Waals surface area contributed by atoms with Gasteiger partial charge in [-0.05, 0) is 35.4 Å². The van der Waals surface area contributed by atoms with Crippen molar-refractivity contribution in [2.24, 2.45) is 0 Å². The molecule has 5 nitrogen and oxygen atoms in total. The van der Waals surface area contributed by atoms with Crippen molar-refractivity contribution in [2.75, 3.05) is 0 Å². The molecule has 0 spiro atoms. The summed E-state index contributed by atoms with van der Waals surface area (Å²) in [4.78, 5) is 39.1. The van der Waals surface area contributed by atoms with E-state index in [-0.39, 0.29) is 0 Å². The number of carbonyl (C=O) groups is 3. The first-order valence-electron chi connectivity index (χ1n) is 8.26. The molecular weight excluding hydrogens is 328 g/mol. The number of imide groups is 2. The highest BCUT2D eigenvalue weighted by atomic mass is 16.2. The second-order valence-electron chi connectivity index (χ2n) is 6.40. The number of benzene rings is 3. The summed E-state index contributed by atoms with van der Waals surface area (Å²) in [5.41, 5.74) is -0.450. The number of nitrogens with zero attached hydrogens (tertiary/aromatic N) is 1. The Morgan fingerprint density at radius 2 is 1.54 bits per heavy atom. The van der Waals surface area contributed by atoms with Gasteiger partial charge in [-0.25, -0.2) is 9.69 Å². The zero-order valence-corrected chi connectivity index (χ0v) is 14.1. The minimum atomic E-state index is -1.39. The van der Waals surface area contributed by atoms with Gasteiger partial charge in [-0.1, -0.05) is 60.7 Å². The molecule has 26 heavy (non-hydrogen) atoms. The summed E-state index contributed by atoms with van der Waals surface area (Å²) in [6.45, 7) is 1.58. The SMILES string of the molecule is CC1(c2ccccc2)C(=O)NC(=O)N1C(=O)c1ccc2ccccc2c1. The van der Waals surface area contributed by atoms with Crippen molar-refractivity contribution in [3.8, 4) is 0 Å². The molecule has 1 aliphatic heterocycles. The maximum Gasteiger partial charge on any atom is 0.332 e. The van der Waals surface area contributed by atoms with Gasteiger partial charge in [0.25, 0.3) is 11.8 Å². The summed E-state index contributed by atoms with van der Waals surface area (Å²) in [5.74, 6) is -1.02. The number of hydrogen-bond donors (Lipinski definition) is 1. The number of carbonyl (C=O) groups excluding carboxylic acids is 3. The summed E-state index contributed by atoms with van der Waals surface area (Å²) in [6.07, 6.45) is 0. The molecule has 1 N–H and O–H groups in total. The first-order valence-corrected chi connectivity index (χ1v) is 8.26. The number of urea groups is 1. The molecule has 3 aromatic carbocycles. The van der Waals surface area contributed by atoms with Gasteiger partial charge >= 0.3 is 6.03 Å². The Balaban J connectivity index is 1.82. The number of nitrogens with one attached hydrogen (secondary N) is 1. The highest BCUT2D eigenvalue weighted by molar-refractivity contribution is 6.18. The van der Waals surface area contributed by atoms with Gasteiger partial charge in [0.1, 0.15) is 0 Å². The molecule has 0 bridgehead atoms. The first-order chi connectivity index (χ1) is 12.5. The Hall–Kier alpha value is -3.47. The Kier molecular flexibility index (Phi) is 3.58. The molecule has 1 unspecified atom stereocenters. The zero-order valence-electron chi connectivity index (χ0n) is 14.1.